The van der Waals surface area contributed by atoms with Crippen LogP contribution in [0, 0.1) is 0 Å². The van der Waals surface area contributed by atoms with Gasteiger partial charge in [0, 0.05) is 0 Å². The van der Waals surface area contributed by atoms with E-state index in [2.05, 4.69) is 4.18 Å². The molecule has 0 bridgehead atoms. The van der Waals surface area contributed by atoms with Gasteiger partial charge in [-0.15, -0.1) is 0 Å². The first-order chi connectivity index (χ1) is 14.2. The highest BCUT2D eigenvalue weighted by molar-refractivity contribution is 7.88. The standard InChI is InChI=1S/C23H15F3O3S/c24-23(25,26)30(27,28)29-20-13-14-22-19(15-20)7-4-8-21(22)18-11-9-17(10-12-18)16-5-2-1-3-6-16/h1-15H. The predicted molar refractivity (Wildman–Crippen MR) is 110 cm³/mol. The molecule has 0 N–H and O–H groups in total. The summed E-state index contributed by atoms with van der Waals surface area (Å²) in [7, 11) is -5.71. The fraction of sp³-hybridized carbons (Fsp3) is 0.0435. The Bertz CT molecular complexity index is 1300. The van der Waals surface area contributed by atoms with E-state index in [4.69, 9.17) is 0 Å². The lowest BCUT2D eigenvalue weighted by Gasteiger charge is -2.12. The first-order valence-corrected chi connectivity index (χ1v) is 10.3. The molecular weight excluding hydrogens is 413 g/mol. The van der Waals surface area contributed by atoms with Gasteiger partial charge >= 0.3 is 15.6 Å². The summed E-state index contributed by atoms with van der Waals surface area (Å²) in [5, 5.41) is 1.33. The van der Waals surface area contributed by atoms with Gasteiger partial charge < -0.3 is 4.18 Å². The maximum Gasteiger partial charge on any atom is 0.534 e. The summed E-state index contributed by atoms with van der Waals surface area (Å²) in [6, 6.07) is 27.2. The van der Waals surface area contributed by atoms with E-state index in [0.29, 0.717) is 5.39 Å². The molecule has 3 nitrogen and oxygen atoms in total. The van der Waals surface area contributed by atoms with Crippen LogP contribution in [0.1, 0.15) is 0 Å². The molecule has 4 aromatic rings. The third-order valence-electron chi connectivity index (χ3n) is 4.64. The van der Waals surface area contributed by atoms with Crippen molar-refractivity contribution < 1.29 is 25.8 Å². The zero-order valence-electron chi connectivity index (χ0n) is 15.4. The number of hydrogen-bond donors (Lipinski definition) is 0. The van der Waals surface area contributed by atoms with Gasteiger partial charge in [0.05, 0.1) is 0 Å². The van der Waals surface area contributed by atoms with Crippen LogP contribution in [0.4, 0.5) is 13.2 Å². The Hall–Kier alpha value is -3.32. The van der Waals surface area contributed by atoms with Crippen LogP contribution < -0.4 is 4.18 Å². The lowest BCUT2D eigenvalue weighted by molar-refractivity contribution is -0.0500. The van der Waals surface area contributed by atoms with Crippen molar-refractivity contribution in [2.45, 2.75) is 5.51 Å². The van der Waals surface area contributed by atoms with Crippen LogP contribution >= 0.6 is 0 Å². The maximum atomic E-state index is 12.6. The van der Waals surface area contributed by atoms with Gasteiger partial charge in [0.1, 0.15) is 5.75 Å². The molecule has 0 unspecified atom stereocenters. The fourth-order valence-corrected chi connectivity index (χ4v) is 3.66. The molecule has 0 aliphatic rings. The van der Waals surface area contributed by atoms with Gasteiger partial charge in [0.25, 0.3) is 0 Å². The molecule has 0 fully saturated rings. The van der Waals surface area contributed by atoms with Crippen LogP contribution in [-0.4, -0.2) is 13.9 Å². The SMILES string of the molecule is O=S(=O)(Oc1ccc2c(-c3ccc(-c4ccccc4)cc3)cccc2c1)C(F)(F)F. The van der Waals surface area contributed by atoms with E-state index in [1.807, 2.05) is 60.7 Å². The van der Waals surface area contributed by atoms with E-state index in [0.717, 1.165) is 27.6 Å². The van der Waals surface area contributed by atoms with E-state index >= 15 is 0 Å². The van der Waals surface area contributed by atoms with E-state index in [-0.39, 0.29) is 0 Å². The van der Waals surface area contributed by atoms with E-state index in [9.17, 15) is 21.6 Å². The number of hydrogen-bond acceptors (Lipinski definition) is 3. The molecule has 0 aliphatic heterocycles. The second-order valence-corrected chi connectivity index (χ2v) is 8.15. The Morgan fingerprint density at radius 3 is 1.97 bits per heavy atom. The number of alkyl halides is 3. The summed E-state index contributed by atoms with van der Waals surface area (Å²) in [5.74, 6) is -0.392. The van der Waals surface area contributed by atoms with Gasteiger partial charge in [-0.25, -0.2) is 0 Å². The Balaban J connectivity index is 1.69. The molecule has 0 spiro atoms. The summed E-state index contributed by atoms with van der Waals surface area (Å²) >= 11 is 0. The lowest BCUT2D eigenvalue weighted by Crippen LogP contribution is -2.28. The molecule has 0 aromatic heterocycles. The minimum atomic E-state index is -5.71. The Morgan fingerprint density at radius 2 is 1.30 bits per heavy atom. The monoisotopic (exact) mass is 428 g/mol. The molecule has 4 rings (SSSR count). The predicted octanol–water partition coefficient (Wildman–Crippen LogP) is 6.40. The summed E-state index contributed by atoms with van der Waals surface area (Å²) in [6.07, 6.45) is 0. The van der Waals surface area contributed by atoms with Crippen molar-refractivity contribution in [2.24, 2.45) is 0 Å². The van der Waals surface area contributed by atoms with Crippen molar-refractivity contribution in [1.82, 2.24) is 0 Å². The first-order valence-electron chi connectivity index (χ1n) is 8.94. The molecule has 0 aliphatic carbocycles. The maximum absolute atomic E-state index is 12.6. The van der Waals surface area contributed by atoms with Crippen LogP contribution in [0.3, 0.4) is 0 Å². The van der Waals surface area contributed by atoms with Crippen LogP contribution in [0.15, 0.2) is 91.0 Å². The summed E-state index contributed by atoms with van der Waals surface area (Å²) in [4.78, 5) is 0. The summed E-state index contributed by atoms with van der Waals surface area (Å²) < 4.78 is 64.4. The molecule has 30 heavy (non-hydrogen) atoms. The fourth-order valence-electron chi connectivity index (χ4n) is 3.21. The highest BCUT2D eigenvalue weighted by Gasteiger charge is 2.48. The van der Waals surface area contributed by atoms with Crippen molar-refractivity contribution in [3.05, 3.63) is 91.0 Å². The van der Waals surface area contributed by atoms with Gasteiger partial charge in [0.2, 0.25) is 0 Å². The highest BCUT2D eigenvalue weighted by Crippen LogP contribution is 2.34. The number of benzene rings is 4. The smallest absolute Gasteiger partial charge is 0.376 e. The van der Waals surface area contributed by atoms with E-state index in [1.165, 1.54) is 12.1 Å². The third-order valence-corrected chi connectivity index (χ3v) is 5.62. The Kier molecular flexibility index (Phi) is 4.99. The van der Waals surface area contributed by atoms with Gasteiger partial charge in [-0.05, 0) is 45.2 Å². The largest absolute Gasteiger partial charge is 0.534 e. The van der Waals surface area contributed by atoms with Crippen LogP contribution in [0.25, 0.3) is 33.0 Å². The number of fused-ring (bicyclic) bond motifs is 1. The molecule has 7 heteroatoms. The molecule has 4 aromatic carbocycles. The topological polar surface area (TPSA) is 43.4 Å². The van der Waals surface area contributed by atoms with Gasteiger partial charge in [-0.2, -0.15) is 21.6 Å². The Morgan fingerprint density at radius 1 is 0.667 bits per heavy atom. The molecule has 0 saturated carbocycles. The quantitative estimate of drug-likeness (QED) is 0.279. The normalized spacial score (nSPS) is 12.1. The average Bonchev–Trinajstić information content (AvgIpc) is 2.73. The van der Waals surface area contributed by atoms with Crippen molar-refractivity contribution >= 4 is 20.9 Å². The molecular formula is C23H15F3O3S. The Labute approximate surface area is 171 Å². The molecule has 0 radical (unpaired) electrons. The molecule has 152 valence electrons. The number of halogens is 3. The second kappa shape index (κ2) is 7.50. The van der Waals surface area contributed by atoms with Crippen molar-refractivity contribution in [3.63, 3.8) is 0 Å². The number of rotatable bonds is 4. The highest BCUT2D eigenvalue weighted by atomic mass is 32.2. The zero-order valence-corrected chi connectivity index (χ0v) is 16.2. The van der Waals surface area contributed by atoms with E-state index in [1.54, 1.807) is 18.2 Å². The molecule has 0 heterocycles. The molecule has 0 saturated heterocycles. The van der Waals surface area contributed by atoms with Gasteiger partial charge in [-0.3, -0.25) is 0 Å². The van der Waals surface area contributed by atoms with Crippen LogP contribution in [0.2, 0.25) is 0 Å². The minimum Gasteiger partial charge on any atom is -0.376 e. The molecule has 0 amide bonds. The van der Waals surface area contributed by atoms with Crippen LogP contribution in [0.5, 0.6) is 5.75 Å². The minimum absolute atomic E-state index is 0.392. The third kappa shape index (κ3) is 3.89. The van der Waals surface area contributed by atoms with Crippen molar-refractivity contribution in [1.29, 1.82) is 0 Å². The summed E-state index contributed by atoms with van der Waals surface area (Å²) in [6.45, 7) is 0. The van der Waals surface area contributed by atoms with Crippen molar-refractivity contribution in [2.75, 3.05) is 0 Å². The van der Waals surface area contributed by atoms with Gasteiger partial charge in [-0.1, -0.05) is 78.9 Å². The lowest BCUT2D eigenvalue weighted by atomic mass is 9.96. The summed E-state index contributed by atoms with van der Waals surface area (Å²) in [5.41, 5.74) is -1.53. The first kappa shape index (κ1) is 20.0. The van der Waals surface area contributed by atoms with Crippen molar-refractivity contribution in [3.8, 4) is 28.0 Å². The van der Waals surface area contributed by atoms with Crippen LogP contribution in [-0.2, 0) is 10.1 Å². The molecule has 0 atom stereocenters. The average molecular weight is 428 g/mol. The van der Waals surface area contributed by atoms with Gasteiger partial charge in [0.15, 0.2) is 0 Å². The zero-order chi connectivity index (χ0) is 21.4. The second-order valence-electron chi connectivity index (χ2n) is 6.62. The van der Waals surface area contributed by atoms with E-state index < -0.39 is 21.4 Å².